The SMILES string of the molecule is NNc1cc(C(=O)NCCc2ccc(F)cc2)cc(Cl)n1. The van der Waals surface area contributed by atoms with Gasteiger partial charge >= 0.3 is 0 Å². The van der Waals surface area contributed by atoms with Gasteiger partial charge in [0, 0.05) is 12.1 Å². The van der Waals surface area contributed by atoms with Gasteiger partial charge in [0.05, 0.1) is 0 Å². The first kappa shape index (κ1) is 15.2. The Morgan fingerprint density at radius 2 is 2.00 bits per heavy atom. The summed E-state index contributed by atoms with van der Waals surface area (Å²) in [5, 5.41) is 2.93. The quantitative estimate of drug-likeness (QED) is 0.449. The first-order chi connectivity index (χ1) is 10.1. The van der Waals surface area contributed by atoms with Crippen LogP contribution in [0.2, 0.25) is 5.15 Å². The number of anilines is 1. The van der Waals surface area contributed by atoms with E-state index in [9.17, 15) is 9.18 Å². The standard InChI is InChI=1S/C14H14ClFN4O/c15-12-7-10(8-13(19-12)20-17)14(21)18-6-5-9-1-3-11(16)4-2-9/h1-4,7-8H,5-6,17H2,(H,18,21)(H,19,20). The Morgan fingerprint density at radius 3 is 2.67 bits per heavy atom. The van der Waals surface area contributed by atoms with Gasteiger partial charge in [-0.15, -0.1) is 0 Å². The molecule has 0 bridgehead atoms. The van der Waals surface area contributed by atoms with Crippen molar-refractivity contribution in [2.45, 2.75) is 6.42 Å². The predicted molar refractivity (Wildman–Crippen MR) is 79.5 cm³/mol. The third kappa shape index (κ3) is 4.40. The molecule has 110 valence electrons. The van der Waals surface area contributed by atoms with Gasteiger partial charge in [-0.1, -0.05) is 23.7 Å². The highest BCUT2D eigenvalue weighted by Gasteiger charge is 2.08. The lowest BCUT2D eigenvalue weighted by Crippen LogP contribution is -2.26. The van der Waals surface area contributed by atoms with E-state index in [2.05, 4.69) is 15.7 Å². The van der Waals surface area contributed by atoms with Crippen LogP contribution in [0.5, 0.6) is 0 Å². The number of halogens is 2. The van der Waals surface area contributed by atoms with Gasteiger partial charge in [-0.2, -0.15) is 0 Å². The van der Waals surface area contributed by atoms with Gasteiger partial charge in [0.25, 0.3) is 5.91 Å². The number of nitrogens with two attached hydrogens (primary N) is 1. The van der Waals surface area contributed by atoms with Gasteiger partial charge in [-0.05, 0) is 36.2 Å². The fourth-order valence-electron chi connectivity index (χ4n) is 1.78. The van der Waals surface area contributed by atoms with Crippen molar-refractivity contribution >= 4 is 23.3 Å². The number of amides is 1. The Labute approximate surface area is 126 Å². The van der Waals surface area contributed by atoms with E-state index >= 15 is 0 Å². The highest BCUT2D eigenvalue weighted by molar-refractivity contribution is 6.29. The van der Waals surface area contributed by atoms with Crippen LogP contribution >= 0.6 is 11.6 Å². The number of aromatic nitrogens is 1. The summed E-state index contributed by atoms with van der Waals surface area (Å²) in [6, 6.07) is 9.09. The highest BCUT2D eigenvalue weighted by Crippen LogP contribution is 2.13. The lowest BCUT2D eigenvalue weighted by Gasteiger charge is -2.07. The van der Waals surface area contributed by atoms with Crippen molar-refractivity contribution in [3.63, 3.8) is 0 Å². The van der Waals surface area contributed by atoms with E-state index in [1.807, 2.05) is 0 Å². The number of hydrogen-bond acceptors (Lipinski definition) is 4. The van der Waals surface area contributed by atoms with Crippen LogP contribution in [0.1, 0.15) is 15.9 Å². The number of benzene rings is 1. The summed E-state index contributed by atoms with van der Waals surface area (Å²) in [4.78, 5) is 15.9. The van der Waals surface area contributed by atoms with Crippen LogP contribution in [0.3, 0.4) is 0 Å². The Balaban J connectivity index is 1.92. The molecule has 0 fully saturated rings. The summed E-state index contributed by atoms with van der Waals surface area (Å²) in [7, 11) is 0. The summed E-state index contributed by atoms with van der Waals surface area (Å²) in [6.07, 6.45) is 0.604. The molecule has 2 rings (SSSR count). The summed E-state index contributed by atoms with van der Waals surface area (Å²) < 4.78 is 12.8. The van der Waals surface area contributed by atoms with Crippen molar-refractivity contribution in [2.75, 3.05) is 12.0 Å². The maximum atomic E-state index is 12.8. The van der Waals surface area contributed by atoms with Crippen molar-refractivity contribution in [1.82, 2.24) is 10.3 Å². The van der Waals surface area contributed by atoms with E-state index in [0.29, 0.717) is 24.3 Å². The molecule has 0 aliphatic heterocycles. The van der Waals surface area contributed by atoms with Crippen molar-refractivity contribution < 1.29 is 9.18 Å². The van der Waals surface area contributed by atoms with Gasteiger partial charge in [-0.3, -0.25) is 4.79 Å². The second-order valence-electron chi connectivity index (χ2n) is 4.34. The summed E-state index contributed by atoms with van der Waals surface area (Å²) >= 11 is 5.80. The van der Waals surface area contributed by atoms with Gasteiger partial charge in [0.2, 0.25) is 0 Å². The molecule has 1 heterocycles. The Hall–Kier alpha value is -2.18. The lowest BCUT2D eigenvalue weighted by molar-refractivity contribution is 0.0954. The molecular weight excluding hydrogens is 295 g/mol. The molecule has 4 N–H and O–H groups in total. The molecule has 0 unspecified atom stereocenters. The number of pyridine rings is 1. The van der Waals surface area contributed by atoms with Crippen molar-refractivity contribution in [3.8, 4) is 0 Å². The maximum absolute atomic E-state index is 12.8. The number of nitrogen functional groups attached to an aromatic ring is 1. The third-order valence-electron chi connectivity index (χ3n) is 2.82. The van der Waals surface area contributed by atoms with Crippen LogP contribution in [-0.2, 0) is 6.42 Å². The zero-order valence-corrected chi connectivity index (χ0v) is 11.8. The van der Waals surface area contributed by atoms with Crippen molar-refractivity contribution in [3.05, 3.63) is 58.5 Å². The lowest BCUT2D eigenvalue weighted by atomic mass is 10.1. The van der Waals surface area contributed by atoms with E-state index in [1.54, 1.807) is 12.1 Å². The summed E-state index contributed by atoms with van der Waals surface area (Å²) in [6.45, 7) is 0.426. The van der Waals surface area contributed by atoms with E-state index in [0.717, 1.165) is 5.56 Å². The summed E-state index contributed by atoms with van der Waals surface area (Å²) in [5.41, 5.74) is 3.64. The third-order valence-corrected chi connectivity index (χ3v) is 3.01. The Bertz CT molecular complexity index is 633. The van der Waals surface area contributed by atoms with Crippen molar-refractivity contribution in [2.24, 2.45) is 5.84 Å². The second-order valence-corrected chi connectivity index (χ2v) is 4.73. The van der Waals surface area contributed by atoms with E-state index in [-0.39, 0.29) is 16.9 Å². The summed E-state index contributed by atoms with van der Waals surface area (Å²) in [5.74, 6) is 4.99. The molecule has 2 aromatic rings. The minimum Gasteiger partial charge on any atom is -0.352 e. The molecule has 0 saturated carbocycles. The van der Waals surface area contributed by atoms with E-state index in [4.69, 9.17) is 17.4 Å². The second kappa shape index (κ2) is 7.01. The molecule has 21 heavy (non-hydrogen) atoms. The molecule has 7 heteroatoms. The number of rotatable bonds is 5. The average molecular weight is 309 g/mol. The minimum atomic E-state index is -0.281. The number of hydrazine groups is 1. The largest absolute Gasteiger partial charge is 0.352 e. The molecule has 0 atom stereocenters. The Morgan fingerprint density at radius 1 is 1.29 bits per heavy atom. The molecule has 0 aliphatic rings. The maximum Gasteiger partial charge on any atom is 0.251 e. The number of nitrogens with zero attached hydrogens (tertiary/aromatic N) is 1. The molecule has 0 saturated heterocycles. The molecule has 1 aromatic carbocycles. The van der Waals surface area contributed by atoms with Gasteiger partial charge < -0.3 is 10.7 Å². The van der Waals surface area contributed by atoms with Crippen LogP contribution in [0.15, 0.2) is 36.4 Å². The van der Waals surface area contributed by atoms with E-state index in [1.165, 1.54) is 24.3 Å². The molecular formula is C14H14ClFN4O. The van der Waals surface area contributed by atoms with Gasteiger partial charge in [0.15, 0.2) is 0 Å². The molecule has 0 aliphatic carbocycles. The molecule has 0 spiro atoms. The first-order valence-corrected chi connectivity index (χ1v) is 6.63. The van der Waals surface area contributed by atoms with Crippen molar-refractivity contribution in [1.29, 1.82) is 0 Å². The molecule has 1 aromatic heterocycles. The molecule has 0 radical (unpaired) electrons. The number of carbonyl (C=O) groups excluding carboxylic acids is 1. The van der Waals surface area contributed by atoms with E-state index < -0.39 is 0 Å². The van der Waals surface area contributed by atoms with Gasteiger partial charge in [0.1, 0.15) is 16.8 Å². The van der Waals surface area contributed by atoms with Crippen LogP contribution in [0.4, 0.5) is 10.2 Å². The number of nitrogens with one attached hydrogen (secondary N) is 2. The first-order valence-electron chi connectivity index (χ1n) is 6.25. The normalized spacial score (nSPS) is 10.2. The predicted octanol–water partition coefficient (Wildman–Crippen LogP) is 2.13. The monoisotopic (exact) mass is 308 g/mol. The van der Waals surface area contributed by atoms with Crippen LogP contribution in [0.25, 0.3) is 0 Å². The fraction of sp³-hybridized carbons (Fsp3) is 0.143. The zero-order valence-electron chi connectivity index (χ0n) is 11.1. The average Bonchev–Trinajstić information content (AvgIpc) is 2.48. The number of carbonyl (C=O) groups is 1. The number of hydrogen-bond donors (Lipinski definition) is 3. The minimum absolute atomic E-state index is 0.175. The van der Waals surface area contributed by atoms with Crippen LogP contribution in [0, 0.1) is 5.82 Å². The fourth-order valence-corrected chi connectivity index (χ4v) is 1.98. The topological polar surface area (TPSA) is 80.0 Å². The van der Waals surface area contributed by atoms with Gasteiger partial charge in [-0.25, -0.2) is 15.2 Å². The highest BCUT2D eigenvalue weighted by atomic mass is 35.5. The Kier molecular flexibility index (Phi) is 5.08. The van der Waals surface area contributed by atoms with Crippen LogP contribution < -0.4 is 16.6 Å². The molecule has 5 nitrogen and oxygen atoms in total. The smallest absolute Gasteiger partial charge is 0.251 e. The molecule has 1 amide bonds. The zero-order chi connectivity index (χ0) is 15.2. The van der Waals surface area contributed by atoms with Crippen LogP contribution in [-0.4, -0.2) is 17.4 Å².